The molecule has 14 heteroatoms. The number of ether oxygens (including phenoxy) is 5. The zero-order valence-electron chi connectivity index (χ0n) is 40.9. The zero-order valence-corrected chi connectivity index (χ0v) is 42.4. The molecule has 0 saturated heterocycles. The minimum Gasteiger partial charge on any atom is -0.466 e. The summed E-state index contributed by atoms with van der Waals surface area (Å²) in [7, 11) is 1.54. The number of methoxy groups -OCH3 is 1. The quantitative estimate of drug-likeness (QED) is 0.0610. The number of amides is 2. The summed E-state index contributed by atoms with van der Waals surface area (Å²) < 4.78 is 26.7. The Hall–Kier alpha value is -5.14. The highest BCUT2D eigenvalue weighted by molar-refractivity contribution is 6.31. The maximum absolute atomic E-state index is 12.7. The molecule has 0 aliphatic rings. The molecule has 0 fully saturated rings. The molecule has 2 amide bonds. The van der Waals surface area contributed by atoms with Crippen LogP contribution in [-0.4, -0.2) is 86.1 Å². The predicted molar refractivity (Wildman–Crippen MR) is 265 cm³/mol. The van der Waals surface area contributed by atoms with Crippen molar-refractivity contribution in [1.29, 1.82) is 0 Å². The number of carbonyl (C=O) groups excluding carboxylic acids is 4. The fourth-order valence-electron chi connectivity index (χ4n) is 7.30. The third-order valence-corrected chi connectivity index (χ3v) is 10.8. The van der Waals surface area contributed by atoms with Gasteiger partial charge in [0.05, 0.1) is 37.3 Å². The smallest absolute Gasteiger partial charge is 0.407 e. The number of alkyl carbamates (subject to hydrolysis) is 2. The Morgan fingerprint density at radius 2 is 0.940 bits per heavy atom. The average molecular weight is 966 g/mol. The van der Waals surface area contributed by atoms with Gasteiger partial charge >= 0.3 is 24.1 Å². The lowest BCUT2D eigenvalue weighted by molar-refractivity contribution is -0.159. The number of aliphatic hydroxyl groups is 1. The van der Waals surface area contributed by atoms with Gasteiger partial charge in [-0.1, -0.05) is 96.0 Å². The number of halogens is 2. The van der Waals surface area contributed by atoms with Crippen LogP contribution in [0.1, 0.15) is 93.2 Å². The molecule has 67 heavy (non-hydrogen) atoms. The Kier molecular flexibility index (Phi) is 21.7. The van der Waals surface area contributed by atoms with Crippen LogP contribution < -0.4 is 10.6 Å². The van der Waals surface area contributed by atoms with Crippen molar-refractivity contribution < 1.29 is 48.0 Å². The van der Waals surface area contributed by atoms with Crippen molar-refractivity contribution in [2.45, 2.75) is 118 Å². The van der Waals surface area contributed by atoms with Crippen LogP contribution in [0.5, 0.6) is 0 Å². The molecule has 4 aromatic rings. The van der Waals surface area contributed by atoms with Gasteiger partial charge in [0.25, 0.3) is 0 Å². The summed E-state index contributed by atoms with van der Waals surface area (Å²) in [6, 6.07) is 30.4. The fraction of sp³-hybridized carbons (Fsp3) is 0.472. The number of rotatable bonds is 19. The molecule has 4 rings (SSSR count). The zero-order chi connectivity index (χ0) is 50.0. The lowest BCUT2D eigenvalue weighted by atomic mass is 9.82. The number of carbonyl (C=O) groups is 4. The standard InChI is InChI=1S/C27H36ClNO5.C26H34ClNO5/c1-7-33-24(30)27(5,18-32-6)17-23(29-25(31)34-26(2,3)4)15-19-11-13-20(14-12-19)21-9-8-10-22(28)16-21;1-6-32-23(30)26(5,17-29)16-22(28-24(31)33-25(2,3)4)14-18-10-12-19(13-11-18)20-8-7-9-21(27)15-20/h8-14,16,23H,7,15,17-18H2,1-6H3,(H,29,31);7-13,15,22,29H,6,14,16-17H2,1-5H3,(H,28,31)/t23-,27+;22-,26+/m11/s1. The molecule has 0 aromatic heterocycles. The van der Waals surface area contributed by atoms with E-state index < -0.39 is 52.8 Å². The van der Waals surface area contributed by atoms with Gasteiger partial charge in [0.2, 0.25) is 0 Å². The third kappa shape index (κ3) is 19.5. The molecular formula is C53H70Cl2N2O10. The molecule has 0 radical (unpaired) electrons. The van der Waals surface area contributed by atoms with E-state index in [2.05, 4.69) is 10.6 Å². The Labute approximate surface area is 407 Å². The summed E-state index contributed by atoms with van der Waals surface area (Å²) in [4.78, 5) is 50.3. The maximum Gasteiger partial charge on any atom is 0.407 e. The van der Waals surface area contributed by atoms with Gasteiger partial charge in [-0.3, -0.25) is 9.59 Å². The number of hydrogen-bond acceptors (Lipinski definition) is 10. The Bertz CT molecular complexity index is 2200. The van der Waals surface area contributed by atoms with Crippen LogP contribution in [0.2, 0.25) is 10.0 Å². The first kappa shape index (κ1) is 56.2. The van der Waals surface area contributed by atoms with Crippen molar-refractivity contribution in [3.63, 3.8) is 0 Å². The first-order valence-corrected chi connectivity index (χ1v) is 23.3. The van der Waals surface area contributed by atoms with Crippen molar-refractivity contribution in [3.05, 3.63) is 118 Å². The largest absolute Gasteiger partial charge is 0.466 e. The Morgan fingerprint density at radius 3 is 1.27 bits per heavy atom. The van der Waals surface area contributed by atoms with Crippen LogP contribution in [0.4, 0.5) is 9.59 Å². The molecule has 0 spiro atoms. The molecular weight excluding hydrogens is 895 g/mol. The molecule has 4 aromatic carbocycles. The van der Waals surface area contributed by atoms with Crippen LogP contribution in [0, 0.1) is 10.8 Å². The first-order chi connectivity index (χ1) is 31.4. The van der Waals surface area contributed by atoms with E-state index in [1.54, 1.807) is 55.6 Å². The van der Waals surface area contributed by atoms with Crippen LogP contribution in [0.25, 0.3) is 22.3 Å². The fourth-order valence-corrected chi connectivity index (χ4v) is 7.68. The van der Waals surface area contributed by atoms with Crippen molar-refractivity contribution >= 4 is 47.3 Å². The molecule has 12 nitrogen and oxygen atoms in total. The molecule has 4 atom stereocenters. The minimum absolute atomic E-state index is 0.173. The summed E-state index contributed by atoms with van der Waals surface area (Å²) in [5, 5.41) is 17.1. The van der Waals surface area contributed by atoms with Crippen molar-refractivity contribution in [2.24, 2.45) is 10.8 Å². The molecule has 3 N–H and O–H groups in total. The third-order valence-electron chi connectivity index (χ3n) is 10.4. The van der Waals surface area contributed by atoms with Gasteiger partial charge in [0.1, 0.15) is 11.2 Å². The van der Waals surface area contributed by atoms with E-state index in [1.165, 1.54) is 0 Å². The summed E-state index contributed by atoms with van der Waals surface area (Å²) >= 11 is 12.2. The van der Waals surface area contributed by atoms with Gasteiger partial charge in [0, 0.05) is 29.2 Å². The van der Waals surface area contributed by atoms with Gasteiger partial charge in [0.15, 0.2) is 0 Å². The van der Waals surface area contributed by atoms with Gasteiger partial charge in [-0.25, -0.2) is 9.59 Å². The first-order valence-electron chi connectivity index (χ1n) is 22.5. The monoisotopic (exact) mass is 964 g/mol. The average Bonchev–Trinajstić information content (AvgIpc) is 3.23. The number of aliphatic hydroxyl groups excluding tert-OH is 1. The lowest BCUT2D eigenvalue weighted by Crippen LogP contribution is -2.46. The molecule has 0 heterocycles. The van der Waals surface area contributed by atoms with Gasteiger partial charge in [-0.2, -0.15) is 0 Å². The summed E-state index contributed by atoms with van der Waals surface area (Å²) in [6.45, 7) is 18.0. The van der Waals surface area contributed by atoms with E-state index in [4.69, 9.17) is 46.9 Å². The number of esters is 2. The van der Waals surface area contributed by atoms with Gasteiger partial charge in [-0.15, -0.1) is 0 Å². The molecule has 0 bridgehead atoms. The molecule has 366 valence electrons. The number of benzene rings is 4. The van der Waals surface area contributed by atoms with Gasteiger partial charge < -0.3 is 39.4 Å². The predicted octanol–water partition coefficient (Wildman–Crippen LogP) is 11.4. The van der Waals surface area contributed by atoms with E-state index in [0.29, 0.717) is 29.3 Å². The Morgan fingerprint density at radius 1 is 0.567 bits per heavy atom. The van der Waals surface area contributed by atoms with Crippen molar-refractivity contribution in [1.82, 2.24) is 10.6 Å². The topological polar surface area (TPSA) is 159 Å². The van der Waals surface area contributed by atoms with Crippen LogP contribution >= 0.6 is 23.2 Å². The second-order valence-electron chi connectivity index (χ2n) is 19.1. The summed E-state index contributed by atoms with van der Waals surface area (Å²) in [5.74, 6) is -0.857. The highest BCUT2D eigenvalue weighted by Gasteiger charge is 2.39. The normalized spacial score (nSPS) is 14.1. The lowest BCUT2D eigenvalue weighted by Gasteiger charge is -2.31. The molecule has 0 saturated carbocycles. The van der Waals surface area contributed by atoms with E-state index in [1.807, 2.05) is 118 Å². The number of nitrogens with one attached hydrogen (secondary N) is 2. The molecule has 0 unspecified atom stereocenters. The second kappa shape index (κ2) is 25.8. The van der Waals surface area contributed by atoms with E-state index in [9.17, 15) is 24.3 Å². The van der Waals surface area contributed by atoms with Crippen LogP contribution in [-0.2, 0) is 46.1 Å². The van der Waals surface area contributed by atoms with Crippen molar-refractivity contribution in [2.75, 3.05) is 33.5 Å². The summed E-state index contributed by atoms with van der Waals surface area (Å²) in [5.41, 5.74) is 2.69. The van der Waals surface area contributed by atoms with Crippen LogP contribution in [0.3, 0.4) is 0 Å². The molecule has 0 aliphatic heterocycles. The summed E-state index contributed by atoms with van der Waals surface area (Å²) in [6.07, 6.45) is 0.369. The maximum atomic E-state index is 12.7. The van der Waals surface area contributed by atoms with Gasteiger partial charge in [-0.05, 0) is 153 Å². The van der Waals surface area contributed by atoms with E-state index >= 15 is 0 Å². The SMILES string of the molecule is CCOC(=O)[C@](C)(CO)C[C@@H](Cc1ccc(-c2cccc(Cl)c2)cc1)NC(=O)OC(C)(C)C.CCOC(=O)[C@](C)(COC)C[C@@H](Cc1ccc(-c2cccc(Cl)c2)cc1)NC(=O)OC(C)(C)C. The van der Waals surface area contributed by atoms with E-state index in [-0.39, 0.29) is 38.3 Å². The Balaban J connectivity index is 0.000000355. The second-order valence-corrected chi connectivity index (χ2v) is 19.9. The highest BCUT2D eigenvalue weighted by Crippen LogP contribution is 2.30. The number of hydrogen-bond donors (Lipinski definition) is 3. The minimum atomic E-state index is -1.16. The van der Waals surface area contributed by atoms with Crippen LogP contribution in [0.15, 0.2) is 97.1 Å². The molecule has 0 aliphatic carbocycles. The van der Waals surface area contributed by atoms with E-state index in [0.717, 1.165) is 33.4 Å². The highest BCUT2D eigenvalue weighted by atomic mass is 35.5. The van der Waals surface area contributed by atoms with Crippen molar-refractivity contribution in [3.8, 4) is 22.3 Å².